The second-order valence-electron chi connectivity index (χ2n) is 8.72. The van der Waals surface area contributed by atoms with Crippen LogP contribution in [0.15, 0.2) is 18.3 Å². The molecular formula is C23H29N7OS. The van der Waals surface area contributed by atoms with E-state index in [1.807, 2.05) is 6.92 Å². The molecular weight excluding hydrogens is 422 g/mol. The molecule has 1 aliphatic carbocycles. The number of nitrogens with one attached hydrogen (secondary N) is 2. The molecule has 0 saturated carbocycles. The Morgan fingerprint density at radius 1 is 1.50 bits per heavy atom. The molecule has 8 nitrogen and oxygen atoms in total. The van der Waals surface area contributed by atoms with Gasteiger partial charge in [0.05, 0.1) is 5.56 Å². The van der Waals surface area contributed by atoms with Gasteiger partial charge in [-0.15, -0.1) is 11.3 Å². The molecule has 0 bridgehead atoms. The summed E-state index contributed by atoms with van der Waals surface area (Å²) in [4.78, 5) is 12.2. The summed E-state index contributed by atoms with van der Waals surface area (Å²) in [6.07, 6.45) is 6.59. The van der Waals surface area contributed by atoms with Crippen molar-refractivity contribution in [2.45, 2.75) is 51.0 Å². The standard InChI is InChI=1S/C23H29N7OS/c1-14-13-27-8-4-10-30(14)22-28-9-6-16(29-22)17(31)11-19(25)23(2)7-3-5-18-20(23)15(12-24)21(26)32-18/h6,9,11,14,25,27,31H,3-5,7-8,10,13,26H2,1-2H3/b17-11-,25-19?/t14-,23+/m0/s1. The third-order valence-corrected chi connectivity index (χ3v) is 7.59. The predicted octanol–water partition coefficient (Wildman–Crippen LogP) is 3.39. The van der Waals surface area contributed by atoms with E-state index in [1.165, 1.54) is 17.4 Å². The fraction of sp³-hybridized carbons (Fsp3) is 0.478. The molecule has 0 amide bonds. The van der Waals surface area contributed by atoms with Crippen LogP contribution in [0.3, 0.4) is 0 Å². The average molecular weight is 452 g/mol. The minimum Gasteiger partial charge on any atom is -0.506 e. The lowest BCUT2D eigenvalue weighted by Gasteiger charge is -2.34. The van der Waals surface area contributed by atoms with E-state index in [1.54, 1.807) is 12.3 Å². The van der Waals surface area contributed by atoms with Crippen LogP contribution in [0.4, 0.5) is 10.9 Å². The summed E-state index contributed by atoms with van der Waals surface area (Å²) in [5.74, 6) is 0.503. The third-order valence-electron chi connectivity index (χ3n) is 6.51. The van der Waals surface area contributed by atoms with Gasteiger partial charge in [-0.2, -0.15) is 5.26 Å². The Morgan fingerprint density at radius 2 is 2.31 bits per heavy atom. The molecule has 2 aromatic rings. The van der Waals surface area contributed by atoms with Crippen LogP contribution < -0.4 is 16.0 Å². The molecule has 32 heavy (non-hydrogen) atoms. The highest BCUT2D eigenvalue weighted by Crippen LogP contribution is 2.46. The van der Waals surface area contributed by atoms with Crippen molar-refractivity contribution in [2.75, 3.05) is 30.3 Å². The second kappa shape index (κ2) is 8.88. The Bertz CT molecular complexity index is 1100. The van der Waals surface area contributed by atoms with Gasteiger partial charge in [-0.1, -0.05) is 0 Å². The Morgan fingerprint density at radius 3 is 3.09 bits per heavy atom. The van der Waals surface area contributed by atoms with Crippen molar-refractivity contribution in [1.29, 1.82) is 10.7 Å². The first-order chi connectivity index (χ1) is 15.3. The van der Waals surface area contributed by atoms with Crippen LogP contribution in [-0.2, 0) is 11.8 Å². The number of nitrogens with two attached hydrogens (primary N) is 1. The minimum atomic E-state index is -0.679. The number of nitriles is 1. The summed E-state index contributed by atoms with van der Waals surface area (Å²) >= 11 is 1.44. The van der Waals surface area contributed by atoms with Crippen molar-refractivity contribution >= 4 is 33.8 Å². The number of thiophene rings is 1. The van der Waals surface area contributed by atoms with Gasteiger partial charge in [0.15, 0.2) is 0 Å². The fourth-order valence-electron chi connectivity index (χ4n) is 4.68. The molecule has 2 aliphatic rings. The minimum absolute atomic E-state index is 0.0747. The topological polar surface area (TPSA) is 135 Å². The molecule has 9 heteroatoms. The normalized spacial score (nSPS) is 23.8. The maximum absolute atomic E-state index is 10.9. The van der Waals surface area contributed by atoms with Gasteiger partial charge in [0, 0.05) is 47.4 Å². The van der Waals surface area contributed by atoms with Crippen LogP contribution in [0.5, 0.6) is 0 Å². The molecule has 2 aromatic heterocycles. The molecule has 0 spiro atoms. The van der Waals surface area contributed by atoms with Gasteiger partial charge < -0.3 is 26.5 Å². The molecule has 1 aliphatic heterocycles. The highest BCUT2D eigenvalue weighted by molar-refractivity contribution is 7.16. The van der Waals surface area contributed by atoms with Crippen LogP contribution in [-0.4, -0.2) is 46.5 Å². The number of aromatic nitrogens is 2. The number of allylic oxidation sites excluding steroid dienone is 1. The van der Waals surface area contributed by atoms with E-state index in [2.05, 4.69) is 33.2 Å². The Labute approximate surface area is 192 Å². The summed E-state index contributed by atoms with van der Waals surface area (Å²) < 4.78 is 0. The highest BCUT2D eigenvalue weighted by atomic mass is 32.1. The zero-order valence-corrected chi connectivity index (χ0v) is 19.3. The monoisotopic (exact) mass is 451 g/mol. The van der Waals surface area contributed by atoms with Crippen molar-refractivity contribution in [2.24, 2.45) is 0 Å². The van der Waals surface area contributed by atoms with Crippen molar-refractivity contribution in [3.05, 3.63) is 40.0 Å². The van der Waals surface area contributed by atoms with E-state index in [0.29, 0.717) is 22.2 Å². The van der Waals surface area contributed by atoms with E-state index in [9.17, 15) is 10.4 Å². The first-order valence-corrected chi connectivity index (χ1v) is 11.8. The molecule has 2 atom stereocenters. The molecule has 0 aromatic carbocycles. The largest absolute Gasteiger partial charge is 0.506 e. The molecule has 0 unspecified atom stereocenters. The van der Waals surface area contributed by atoms with Gasteiger partial charge in [-0.25, -0.2) is 9.97 Å². The molecule has 3 heterocycles. The van der Waals surface area contributed by atoms with E-state index in [4.69, 9.17) is 11.1 Å². The lowest BCUT2D eigenvalue weighted by atomic mass is 9.69. The number of nitrogen functional groups attached to an aromatic ring is 1. The number of aliphatic hydroxyl groups excluding tert-OH is 1. The maximum atomic E-state index is 10.9. The van der Waals surface area contributed by atoms with Gasteiger partial charge in [0.1, 0.15) is 22.5 Å². The molecule has 1 saturated heterocycles. The fourth-order valence-corrected chi connectivity index (χ4v) is 5.87. The van der Waals surface area contributed by atoms with E-state index in [-0.39, 0.29) is 17.5 Å². The van der Waals surface area contributed by atoms with E-state index >= 15 is 0 Å². The van der Waals surface area contributed by atoms with Gasteiger partial charge >= 0.3 is 0 Å². The van der Waals surface area contributed by atoms with Crippen molar-refractivity contribution in [3.63, 3.8) is 0 Å². The number of rotatable bonds is 4. The number of hydrogen-bond donors (Lipinski definition) is 4. The highest BCUT2D eigenvalue weighted by Gasteiger charge is 2.40. The second-order valence-corrected chi connectivity index (χ2v) is 9.86. The zero-order chi connectivity index (χ0) is 22.9. The summed E-state index contributed by atoms with van der Waals surface area (Å²) in [5, 5.41) is 33.3. The maximum Gasteiger partial charge on any atom is 0.226 e. The number of fused-ring (bicyclic) bond motifs is 1. The summed E-state index contributed by atoms with van der Waals surface area (Å²) in [6.45, 7) is 6.74. The van der Waals surface area contributed by atoms with Crippen LogP contribution in [0, 0.1) is 16.7 Å². The van der Waals surface area contributed by atoms with Crippen molar-refractivity contribution < 1.29 is 5.11 Å². The average Bonchev–Trinajstić information content (AvgIpc) is 2.96. The summed E-state index contributed by atoms with van der Waals surface area (Å²) in [6, 6.07) is 4.12. The van der Waals surface area contributed by atoms with Gasteiger partial charge in [-0.05, 0) is 57.7 Å². The molecule has 168 valence electrons. The van der Waals surface area contributed by atoms with Crippen LogP contribution in [0.25, 0.3) is 5.76 Å². The number of hydrogen-bond acceptors (Lipinski definition) is 9. The molecule has 5 N–H and O–H groups in total. The number of aliphatic hydroxyl groups is 1. The first kappa shape index (κ1) is 22.2. The Kier molecular flexibility index (Phi) is 6.17. The number of aryl methyl sites for hydroxylation is 1. The lowest BCUT2D eigenvalue weighted by molar-refractivity contribution is 0.500. The smallest absolute Gasteiger partial charge is 0.226 e. The number of nitrogens with zero attached hydrogens (tertiary/aromatic N) is 4. The van der Waals surface area contributed by atoms with Crippen molar-refractivity contribution in [3.8, 4) is 6.07 Å². The Hall–Kier alpha value is -2.96. The predicted molar refractivity (Wildman–Crippen MR) is 128 cm³/mol. The van der Waals surface area contributed by atoms with Gasteiger partial charge in [0.2, 0.25) is 5.95 Å². The van der Waals surface area contributed by atoms with E-state index in [0.717, 1.165) is 55.8 Å². The van der Waals surface area contributed by atoms with Crippen LogP contribution in [0.1, 0.15) is 54.8 Å². The van der Waals surface area contributed by atoms with Crippen LogP contribution >= 0.6 is 11.3 Å². The molecule has 0 radical (unpaired) electrons. The SMILES string of the molecule is C[C@H]1CNCCCN1c1nccc(/C(O)=C/C(=N)[C@@]2(C)CCCc3sc(N)c(C#N)c32)n1. The molecule has 4 rings (SSSR count). The summed E-state index contributed by atoms with van der Waals surface area (Å²) in [7, 11) is 0. The molecule has 1 fully saturated rings. The summed E-state index contributed by atoms with van der Waals surface area (Å²) in [5.41, 5.74) is 7.36. The van der Waals surface area contributed by atoms with Gasteiger partial charge in [-0.3, -0.25) is 0 Å². The van der Waals surface area contributed by atoms with Gasteiger partial charge in [0.25, 0.3) is 0 Å². The quantitative estimate of drug-likeness (QED) is 0.413. The van der Waals surface area contributed by atoms with Crippen molar-refractivity contribution in [1.82, 2.24) is 15.3 Å². The van der Waals surface area contributed by atoms with Crippen LogP contribution in [0.2, 0.25) is 0 Å². The number of anilines is 2. The third kappa shape index (κ3) is 3.96. The zero-order valence-electron chi connectivity index (χ0n) is 18.5. The lowest BCUT2D eigenvalue weighted by Crippen LogP contribution is -2.38. The first-order valence-electron chi connectivity index (χ1n) is 11.0. The Balaban J connectivity index is 1.65. The van der Waals surface area contributed by atoms with E-state index < -0.39 is 5.41 Å².